The van der Waals surface area contributed by atoms with Crippen LogP contribution in [-0.4, -0.2) is 33.5 Å². The van der Waals surface area contributed by atoms with Gasteiger partial charge in [-0.3, -0.25) is 9.59 Å². The van der Waals surface area contributed by atoms with Crippen LogP contribution >= 0.6 is 0 Å². The topological polar surface area (TPSA) is 107 Å². The number of nitrogens with one attached hydrogen (secondary N) is 3. The summed E-state index contributed by atoms with van der Waals surface area (Å²) in [7, 11) is 0. The first-order chi connectivity index (χ1) is 16.7. The summed E-state index contributed by atoms with van der Waals surface area (Å²) < 4.78 is 0. The number of nitrogens with zero attached hydrogens (tertiary/aromatic N) is 1. The fraction of sp³-hybridized carbons (Fsp3) is 0.0741. The Morgan fingerprint density at radius 2 is 1.71 bits per heavy atom. The number of hydrogen-bond donors (Lipinski definition) is 4. The van der Waals surface area contributed by atoms with Gasteiger partial charge in [-0.05, 0) is 29.3 Å². The van der Waals surface area contributed by atoms with Crippen molar-refractivity contribution in [3.63, 3.8) is 0 Å². The third-order valence-corrected chi connectivity index (χ3v) is 5.76. The van der Waals surface area contributed by atoms with Gasteiger partial charge in [-0.25, -0.2) is 4.98 Å². The molecule has 4 aromatic rings. The van der Waals surface area contributed by atoms with Crippen molar-refractivity contribution in [3.05, 3.63) is 119 Å². The molecular weight excluding hydrogens is 428 g/mol. The molecule has 1 unspecified atom stereocenters. The Hall–Kier alpha value is -4.49. The summed E-state index contributed by atoms with van der Waals surface area (Å²) in [6, 6.07) is 23.4. The molecule has 0 aliphatic carbocycles. The number of aliphatic hydroxyl groups excluding tert-OH is 1. The smallest absolute Gasteiger partial charge is 0.257 e. The lowest BCUT2D eigenvalue weighted by atomic mass is 9.93. The third-order valence-electron chi connectivity index (χ3n) is 5.76. The second-order valence-corrected chi connectivity index (χ2v) is 7.89. The van der Waals surface area contributed by atoms with Crippen LogP contribution in [0, 0.1) is 0 Å². The van der Waals surface area contributed by atoms with E-state index in [1.165, 1.54) is 0 Å². The molecule has 1 aromatic heterocycles. The number of amides is 2. The first-order valence-electron chi connectivity index (χ1n) is 10.9. The van der Waals surface area contributed by atoms with E-state index in [-0.39, 0.29) is 18.4 Å². The Balaban J connectivity index is 1.56. The molecule has 0 radical (unpaired) electrons. The van der Waals surface area contributed by atoms with Crippen LogP contribution < -0.4 is 10.6 Å². The highest BCUT2D eigenvalue weighted by molar-refractivity contribution is 6.38. The molecule has 1 atom stereocenters. The number of anilines is 1. The highest BCUT2D eigenvalue weighted by Gasteiger charge is 2.30. The second-order valence-electron chi connectivity index (χ2n) is 7.89. The minimum absolute atomic E-state index is 0.234. The molecule has 2 heterocycles. The fourth-order valence-electron chi connectivity index (χ4n) is 4.12. The summed E-state index contributed by atoms with van der Waals surface area (Å²) in [5.41, 5.74) is 4.35. The van der Waals surface area contributed by atoms with Crippen molar-refractivity contribution in [2.24, 2.45) is 0 Å². The number of imidazole rings is 1. The molecule has 0 saturated carbocycles. The maximum Gasteiger partial charge on any atom is 0.257 e. The Morgan fingerprint density at radius 1 is 0.971 bits per heavy atom. The van der Waals surface area contributed by atoms with Crippen molar-refractivity contribution in [1.29, 1.82) is 0 Å². The van der Waals surface area contributed by atoms with Crippen molar-refractivity contribution < 1.29 is 14.7 Å². The molecule has 0 spiro atoms. The molecule has 5 rings (SSSR count). The van der Waals surface area contributed by atoms with E-state index < -0.39 is 6.04 Å². The number of carbonyl (C=O) groups is 2. The molecule has 0 saturated heterocycles. The molecule has 0 fully saturated rings. The molecule has 3 aromatic carbocycles. The van der Waals surface area contributed by atoms with E-state index in [1.54, 1.807) is 30.6 Å². The van der Waals surface area contributed by atoms with Crippen molar-refractivity contribution in [3.8, 4) is 0 Å². The van der Waals surface area contributed by atoms with Crippen LogP contribution in [0.25, 0.3) is 11.1 Å². The zero-order valence-corrected chi connectivity index (χ0v) is 18.2. The van der Waals surface area contributed by atoms with Gasteiger partial charge < -0.3 is 20.7 Å². The number of H-pyrrole nitrogens is 1. The number of carbonyl (C=O) groups excluding carboxylic acids is 2. The quantitative estimate of drug-likeness (QED) is 0.335. The number of aliphatic hydroxyl groups is 1. The monoisotopic (exact) mass is 450 g/mol. The number of benzene rings is 3. The number of aromatic nitrogens is 2. The number of aromatic amines is 1. The van der Waals surface area contributed by atoms with E-state index in [4.69, 9.17) is 0 Å². The van der Waals surface area contributed by atoms with E-state index in [1.807, 2.05) is 60.7 Å². The minimum Gasteiger partial charge on any atom is -0.394 e. The maximum absolute atomic E-state index is 13.1. The molecule has 1 aliphatic heterocycles. The average molecular weight is 450 g/mol. The van der Waals surface area contributed by atoms with Crippen LogP contribution in [0.4, 0.5) is 5.69 Å². The van der Waals surface area contributed by atoms with Gasteiger partial charge in [0.05, 0.1) is 18.2 Å². The first kappa shape index (κ1) is 21.4. The Bertz CT molecular complexity index is 1360. The van der Waals surface area contributed by atoms with Crippen LogP contribution in [0.1, 0.15) is 38.9 Å². The van der Waals surface area contributed by atoms with Crippen molar-refractivity contribution in [2.45, 2.75) is 6.04 Å². The van der Waals surface area contributed by atoms with Gasteiger partial charge in [-0.15, -0.1) is 0 Å². The Morgan fingerprint density at radius 3 is 2.38 bits per heavy atom. The summed E-state index contributed by atoms with van der Waals surface area (Å²) >= 11 is 0. The molecule has 7 heteroatoms. The van der Waals surface area contributed by atoms with E-state index in [9.17, 15) is 14.7 Å². The van der Waals surface area contributed by atoms with Gasteiger partial charge in [0.25, 0.3) is 11.8 Å². The molecular formula is C27H22N4O3. The molecule has 7 nitrogen and oxygen atoms in total. The molecule has 4 N–H and O–H groups in total. The van der Waals surface area contributed by atoms with Crippen LogP contribution in [0.15, 0.2) is 91.3 Å². The molecule has 1 aliphatic rings. The van der Waals surface area contributed by atoms with Crippen molar-refractivity contribution >= 4 is 28.6 Å². The third kappa shape index (κ3) is 4.00. The summed E-state index contributed by atoms with van der Waals surface area (Å²) in [6.45, 7) is -0.234. The summed E-state index contributed by atoms with van der Waals surface area (Å²) in [6.07, 6.45) is 3.34. The van der Waals surface area contributed by atoms with Crippen molar-refractivity contribution in [2.75, 3.05) is 11.9 Å². The van der Waals surface area contributed by atoms with Gasteiger partial charge in [-0.1, -0.05) is 60.7 Å². The van der Waals surface area contributed by atoms with Crippen LogP contribution in [0.2, 0.25) is 0 Å². The van der Waals surface area contributed by atoms with Crippen LogP contribution in [-0.2, 0) is 4.79 Å². The highest BCUT2D eigenvalue weighted by atomic mass is 16.3. The lowest BCUT2D eigenvalue weighted by molar-refractivity contribution is -0.110. The van der Waals surface area contributed by atoms with E-state index in [0.29, 0.717) is 33.8 Å². The van der Waals surface area contributed by atoms with Gasteiger partial charge in [0.1, 0.15) is 5.82 Å². The first-order valence-corrected chi connectivity index (χ1v) is 10.9. The molecule has 0 bridgehead atoms. The summed E-state index contributed by atoms with van der Waals surface area (Å²) in [5, 5.41) is 15.6. The lowest BCUT2D eigenvalue weighted by Crippen LogP contribution is -2.30. The zero-order valence-electron chi connectivity index (χ0n) is 18.2. The number of hydrogen-bond acceptors (Lipinski definition) is 4. The normalized spacial score (nSPS) is 14.8. The van der Waals surface area contributed by atoms with E-state index in [0.717, 1.165) is 11.1 Å². The number of fused-ring (bicyclic) bond motifs is 1. The predicted octanol–water partition coefficient (Wildman–Crippen LogP) is 3.78. The van der Waals surface area contributed by atoms with Crippen LogP contribution in [0.5, 0.6) is 0 Å². The van der Waals surface area contributed by atoms with Gasteiger partial charge >= 0.3 is 0 Å². The largest absolute Gasteiger partial charge is 0.394 e. The average Bonchev–Trinajstić information content (AvgIpc) is 3.52. The Kier molecular flexibility index (Phi) is 5.76. The standard InChI is InChI=1S/C27H22N4O3/c32-16-22(17-7-3-1-4-8-17)31-26(33)19-11-12-21-20(15-19)24(27(34)30-21)23(25-28-13-14-29-25)18-9-5-2-6-10-18/h1-15,22,32H,16H2,(H,28,29)(H,30,34)(H,31,33). The maximum atomic E-state index is 13.1. The Labute approximate surface area is 196 Å². The second kappa shape index (κ2) is 9.17. The lowest BCUT2D eigenvalue weighted by Gasteiger charge is -2.17. The number of rotatable bonds is 6. The fourth-order valence-corrected chi connectivity index (χ4v) is 4.12. The predicted molar refractivity (Wildman–Crippen MR) is 130 cm³/mol. The zero-order chi connectivity index (χ0) is 23.5. The molecule has 34 heavy (non-hydrogen) atoms. The van der Waals surface area contributed by atoms with Gasteiger partial charge in [0, 0.05) is 34.8 Å². The minimum atomic E-state index is -0.542. The van der Waals surface area contributed by atoms with Crippen molar-refractivity contribution in [1.82, 2.24) is 15.3 Å². The van der Waals surface area contributed by atoms with E-state index in [2.05, 4.69) is 20.6 Å². The molecule has 2 amide bonds. The highest BCUT2D eigenvalue weighted by Crippen LogP contribution is 2.39. The van der Waals surface area contributed by atoms with Gasteiger partial charge in [-0.2, -0.15) is 0 Å². The summed E-state index contributed by atoms with van der Waals surface area (Å²) in [5.74, 6) is -0.0486. The van der Waals surface area contributed by atoms with E-state index >= 15 is 0 Å². The summed E-state index contributed by atoms with van der Waals surface area (Å²) in [4.78, 5) is 33.7. The van der Waals surface area contributed by atoms with Crippen LogP contribution in [0.3, 0.4) is 0 Å². The SMILES string of the molecule is O=C1Nc2ccc(C(=O)NC(CO)c3ccccc3)cc2C1=C(c1ccccc1)c1ncc[nH]1. The molecule has 168 valence electrons. The van der Waals surface area contributed by atoms with Gasteiger partial charge in [0.15, 0.2) is 0 Å². The van der Waals surface area contributed by atoms with Gasteiger partial charge in [0.2, 0.25) is 0 Å².